The Labute approximate surface area is 169 Å². The number of hydrogen-bond acceptors (Lipinski definition) is 5. The number of carbonyl (C=O) groups excluding carboxylic acids is 1. The van der Waals surface area contributed by atoms with Gasteiger partial charge >= 0.3 is 0 Å². The molecule has 1 aromatic carbocycles. The van der Waals surface area contributed by atoms with E-state index in [0.717, 1.165) is 59.0 Å². The van der Waals surface area contributed by atoms with Crippen LogP contribution in [0.4, 0.5) is 0 Å². The van der Waals surface area contributed by atoms with Crippen LogP contribution in [-0.2, 0) is 16.1 Å². The number of hydrogen-bond donors (Lipinski definition) is 1. The summed E-state index contributed by atoms with van der Waals surface area (Å²) in [5.74, 6) is 0.133. The van der Waals surface area contributed by atoms with E-state index in [-0.39, 0.29) is 11.4 Å². The molecule has 0 atom stereocenters. The molecule has 2 aliphatic heterocycles. The van der Waals surface area contributed by atoms with Crippen LogP contribution in [0.15, 0.2) is 24.3 Å². The number of nitrogens with zero attached hydrogens (tertiary/aromatic N) is 3. The van der Waals surface area contributed by atoms with Crippen LogP contribution in [0.25, 0.3) is 0 Å². The number of aryl methyl sites for hydroxylation is 1. The van der Waals surface area contributed by atoms with Crippen molar-refractivity contribution in [2.75, 3.05) is 65.6 Å². The number of rotatable bonds is 7. The van der Waals surface area contributed by atoms with E-state index < -0.39 is 0 Å². The quantitative estimate of drug-likeness (QED) is 0.764. The molecule has 3 rings (SSSR count). The zero-order valence-corrected chi connectivity index (χ0v) is 17.7. The molecule has 0 bridgehead atoms. The molecule has 1 amide bonds. The van der Waals surface area contributed by atoms with Gasteiger partial charge in [-0.3, -0.25) is 19.5 Å². The van der Waals surface area contributed by atoms with E-state index in [4.69, 9.17) is 4.74 Å². The third-order valence-electron chi connectivity index (χ3n) is 6.07. The Morgan fingerprint density at radius 1 is 1.04 bits per heavy atom. The zero-order chi connectivity index (χ0) is 20.0. The van der Waals surface area contributed by atoms with E-state index >= 15 is 0 Å². The maximum absolute atomic E-state index is 12.4. The first-order valence-corrected chi connectivity index (χ1v) is 10.5. The van der Waals surface area contributed by atoms with Gasteiger partial charge in [0.2, 0.25) is 5.91 Å². The minimum absolute atomic E-state index is 0.0360. The molecule has 0 radical (unpaired) electrons. The highest BCUT2D eigenvalue weighted by Gasteiger charge is 2.29. The van der Waals surface area contributed by atoms with Crippen molar-refractivity contribution in [3.8, 4) is 0 Å². The molecule has 0 aromatic heterocycles. The number of carbonyl (C=O) groups is 1. The molecule has 28 heavy (non-hydrogen) atoms. The number of ether oxygens (including phenoxy) is 1. The first-order valence-electron chi connectivity index (χ1n) is 10.5. The smallest absolute Gasteiger partial charge is 0.234 e. The SMILES string of the molecule is Cc1ccccc1CN1CCN(CC(=O)NCC(C)(C)N2CCOCC2)CC1. The normalized spacial score (nSPS) is 20.2. The predicted molar refractivity (Wildman–Crippen MR) is 112 cm³/mol. The molecular formula is C22H36N4O2. The molecular weight excluding hydrogens is 352 g/mol. The zero-order valence-electron chi connectivity index (χ0n) is 17.7. The Morgan fingerprint density at radius 3 is 2.36 bits per heavy atom. The predicted octanol–water partition coefficient (Wildman–Crippen LogP) is 1.34. The van der Waals surface area contributed by atoms with Gasteiger partial charge in [0.25, 0.3) is 0 Å². The lowest BCUT2D eigenvalue weighted by Crippen LogP contribution is -2.56. The summed E-state index contributed by atoms with van der Waals surface area (Å²) in [6, 6.07) is 8.59. The molecule has 0 unspecified atom stereocenters. The van der Waals surface area contributed by atoms with Gasteiger partial charge in [0.15, 0.2) is 0 Å². The second-order valence-corrected chi connectivity index (χ2v) is 8.67. The van der Waals surface area contributed by atoms with E-state index in [1.54, 1.807) is 0 Å². The van der Waals surface area contributed by atoms with Crippen LogP contribution in [0.5, 0.6) is 0 Å². The summed E-state index contributed by atoms with van der Waals surface area (Å²) in [6.45, 7) is 16.1. The lowest BCUT2D eigenvalue weighted by molar-refractivity contribution is -0.123. The second kappa shape index (κ2) is 9.83. The fraction of sp³-hybridized carbons (Fsp3) is 0.682. The Morgan fingerprint density at radius 2 is 1.68 bits per heavy atom. The van der Waals surface area contributed by atoms with E-state index in [0.29, 0.717) is 13.1 Å². The van der Waals surface area contributed by atoms with E-state index in [1.807, 2.05) is 0 Å². The van der Waals surface area contributed by atoms with Gasteiger partial charge in [-0.15, -0.1) is 0 Å². The highest BCUT2D eigenvalue weighted by Crippen LogP contribution is 2.15. The summed E-state index contributed by atoms with van der Waals surface area (Å²) >= 11 is 0. The van der Waals surface area contributed by atoms with Crippen LogP contribution in [-0.4, -0.2) is 91.7 Å². The average Bonchev–Trinajstić information content (AvgIpc) is 2.70. The van der Waals surface area contributed by atoms with Crippen molar-refractivity contribution in [2.24, 2.45) is 0 Å². The van der Waals surface area contributed by atoms with Crippen LogP contribution >= 0.6 is 0 Å². The maximum atomic E-state index is 12.4. The molecule has 1 N–H and O–H groups in total. The van der Waals surface area contributed by atoms with Crippen LogP contribution < -0.4 is 5.32 Å². The summed E-state index contributed by atoms with van der Waals surface area (Å²) in [5.41, 5.74) is 2.72. The number of nitrogens with one attached hydrogen (secondary N) is 1. The van der Waals surface area contributed by atoms with Gasteiger partial charge in [0.1, 0.15) is 0 Å². The molecule has 6 heteroatoms. The summed E-state index contributed by atoms with van der Waals surface area (Å²) in [7, 11) is 0. The van der Waals surface area contributed by atoms with Crippen LogP contribution in [0, 0.1) is 6.92 Å². The Balaban J connectivity index is 1.37. The summed E-state index contributed by atoms with van der Waals surface area (Å²) < 4.78 is 5.43. The fourth-order valence-electron chi connectivity index (χ4n) is 3.99. The van der Waals surface area contributed by atoms with Gasteiger partial charge < -0.3 is 10.1 Å². The summed E-state index contributed by atoms with van der Waals surface area (Å²) in [5, 5.41) is 3.15. The number of piperazine rings is 1. The molecule has 2 heterocycles. The van der Waals surface area contributed by atoms with Crippen molar-refractivity contribution >= 4 is 5.91 Å². The molecule has 0 spiro atoms. The van der Waals surface area contributed by atoms with E-state index in [2.05, 4.69) is 65.1 Å². The minimum Gasteiger partial charge on any atom is -0.379 e. The minimum atomic E-state index is -0.0360. The topological polar surface area (TPSA) is 48.0 Å². The van der Waals surface area contributed by atoms with Gasteiger partial charge in [-0.05, 0) is 31.9 Å². The Kier molecular flexibility index (Phi) is 7.46. The summed E-state index contributed by atoms with van der Waals surface area (Å²) in [6.07, 6.45) is 0. The number of benzene rings is 1. The van der Waals surface area contributed by atoms with Crippen molar-refractivity contribution in [1.82, 2.24) is 20.0 Å². The molecule has 2 fully saturated rings. The van der Waals surface area contributed by atoms with E-state index in [1.165, 1.54) is 11.1 Å². The summed E-state index contributed by atoms with van der Waals surface area (Å²) in [4.78, 5) is 19.6. The standard InChI is InChI=1S/C22H36N4O2/c1-19-6-4-5-7-20(19)16-24-8-10-25(11-9-24)17-21(27)23-18-22(2,3)26-12-14-28-15-13-26/h4-7H,8-18H2,1-3H3,(H,23,27). The Hall–Kier alpha value is -1.47. The third kappa shape index (κ3) is 6.01. The van der Waals surface area contributed by atoms with E-state index in [9.17, 15) is 4.79 Å². The van der Waals surface area contributed by atoms with Crippen molar-refractivity contribution in [3.05, 3.63) is 35.4 Å². The first-order chi connectivity index (χ1) is 13.4. The van der Waals surface area contributed by atoms with Gasteiger partial charge in [-0.1, -0.05) is 24.3 Å². The maximum Gasteiger partial charge on any atom is 0.234 e. The lowest BCUT2D eigenvalue weighted by atomic mass is 10.0. The van der Waals surface area contributed by atoms with Gasteiger partial charge in [-0.2, -0.15) is 0 Å². The van der Waals surface area contributed by atoms with Crippen LogP contribution in [0.3, 0.4) is 0 Å². The third-order valence-corrected chi connectivity index (χ3v) is 6.07. The molecule has 0 saturated carbocycles. The van der Waals surface area contributed by atoms with Crippen molar-refractivity contribution in [3.63, 3.8) is 0 Å². The average molecular weight is 389 g/mol. The molecule has 1 aromatic rings. The van der Waals surface area contributed by atoms with Crippen LogP contribution in [0.2, 0.25) is 0 Å². The van der Waals surface area contributed by atoms with Gasteiger partial charge in [0.05, 0.1) is 19.8 Å². The molecule has 6 nitrogen and oxygen atoms in total. The van der Waals surface area contributed by atoms with Crippen molar-refractivity contribution in [1.29, 1.82) is 0 Å². The highest BCUT2D eigenvalue weighted by molar-refractivity contribution is 5.78. The largest absolute Gasteiger partial charge is 0.379 e. The first kappa shape index (κ1) is 21.2. The molecule has 156 valence electrons. The fourth-order valence-corrected chi connectivity index (χ4v) is 3.99. The van der Waals surface area contributed by atoms with Crippen molar-refractivity contribution < 1.29 is 9.53 Å². The number of amides is 1. The van der Waals surface area contributed by atoms with Crippen molar-refractivity contribution in [2.45, 2.75) is 32.9 Å². The number of morpholine rings is 1. The monoisotopic (exact) mass is 388 g/mol. The second-order valence-electron chi connectivity index (χ2n) is 8.67. The van der Waals surface area contributed by atoms with Gasteiger partial charge in [0, 0.05) is 57.9 Å². The molecule has 0 aliphatic carbocycles. The molecule has 2 saturated heterocycles. The molecule has 2 aliphatic rings. The van der Waals surface area contributed by atoms with Crippen LogP contribution in [0.1, 0.15) is 25.0 Å². The Bertz CT molecular complexity index is 635. The lowest BCUT2D eigenvalue weighted by Gasteiger charge is -2.41. The highest BCUT2D eigenvalue weighted by atomic mass is 16.5. The van der Waals surface area contributed by atoms with Gasteiger partial charge in [-0.25, -0.2) is 0 Å².